The van der Waals surface area contributed by atoms with Crippen LogP contribution in [0.3, 0.4) is 0 Å². The zero-order chi connectivity index (χ0) is 27.5. The van der Waals surface area contributed by atoms with Gasteiger partial charge in [0.15, 0.2) is 5.76 Å². The number of thioether (sulfide) groups is 1. The quantitative estimate of drug-likeness (QED) is 0.407. The van der Waals surface area contributed by atoms with E-state index in [9.17, 15) is 14.4 Å². The summed E-state index contributed by atoms with van der Waals surface area (Å²) in [4.78, 5) is 46.8. The van der Waals surface area contributed by atoms with Gasteiger partial charge in [-0.2, -0.15) is 0 Å². The molecule has 1 atom stereocenters. The number of amides is 3. The molecule has 0 radical (unpaired) electrons. The SMILES string of the molecule is O=C(C=Cc1cnc2c(c1)CC1(CCN(C(=O)c3ccco3)CC1)C(=O)N2)N1CC=C(CC2CCC=CS2)CC1. The number of nitrogens with zero attached hydrogens (tertiary/aromatic N) is 3. The fraction of sp³-hybridized carbons (Fsp3) is 0.419. The largest absolute Gasteiger partial charge is 0.459 e. The zero-order valence-electron chi connectivity index (χ0n) is 22.5. The molecule has 1 saturated heterocycles. The highest BCUT2D eigenvalue weighted by Gasteiger charge is 2.45. The van der Waals surface area contributed by atoms with Gasteiger partial charge in [0.1, 0.15) is 5.82 Å². The van der Waals surface area contributed by atoms with Gasteiger partial charge in [-0.15, -0.1) is 11.8 Å². The molecule has 2 aromatic heterocycles. The van der Waals surface area contributed by atoms with E-state index in [0.717, 1.165) is 36.9 Å². The molecule has 2 aromatic rings. The highest BCUT2D eigenvalue weighted by molar-refractivity contribution is 8.02. The average molecular weight is 559 g/mol. The van der Waals surface area contributed by atoms with Crippen LogP contribution < -0.4 is 5.32 Å². The van der Waals surface area contributed by atoms with E-state index in [0.29, 0.717) is 55.7 Å². The smallest absolute Gasteiger partial charge is 0.289 e. The van der Waals surface area contributed by atoms with Crippen molar-refractivity contribution in [3.05, 3.63) is 76.8 Å². The Morgan fingerprint density at radius 2 is 2.10 bits per heavy atom. The van der Waals surface area contributed by atoms with Crippen molar-refractivity contribution in [1.29, 1.82) is 0 Å². The summed E-state index contributed by atoms with van der Waals surface area (Å²) in [5.74, 6) is 0.722. The van der Waals surface area contributed by atoms with Crippen LogP contribution in [-0.4, -0.2) is 63.9 Å². The first kappa shape index (κ1) is 26.6. The van der Waals surface area contributed by atoms with Crippen LogP contribution in [-0.2, 0) is 16.0 Å². The molecule has 0 aromatic carbocycles. The van der Waals surface area contributed by atoms with Crippen molar-refractivity contribution in [2.24, 2.45) is 5.41 Å². The minimum absolute atomic E-state index is 0.00126. The normalized spacial score (nSPS) is 22.2. The van der Waals surface area contributed by atoms with E-state index in [1.54, 1.807) is 29.3 Å². The molecule has 0 bridgehead atoms. The van der Waals surface area contributed by atoms with Crippen molar-refractivity contribution in [2.45, 2.75) is 50.2 Å². The molecule has 3 amide bonds. The lowest BCUT2D eigenvalue weighted by Crippen LogP contribution is -2.51. The van der Waals surface area contributed by atoms with Gasteiger partial charge in [0.05, 0.1) is 11.7 Å². The Balaban J connectivity index is 1.06. The molecule has 6 rings (SSSR count). The van der Waals surface area contributed by atoms with Crippen LogP contribution in [0.5, 0.6) is 0 Å². The summed E-state index contributed by atoms with van der Waals surface area (Å²) in [6, 6.07) is 5.38. The Bertz CT molecular complexity index is 1370. The van der Waals surface area contributed by atoms with Gasteiger partial charge in [0, 0.05) is 43.7 Å². The van der Waals surface area contributed by atoms with Crippen LogP contribution >= 0.6 is 11.8 Å². The minimum Gasteiger partial charge on any atom is -0.459 e. The molecular formula is C31H34N4O4S. The second-order valence-electron chi connectivity index (χ2n) is 11.1. The second kappa shape index (κ2) is 11.5. The van der Waals surface area contributed by atoms with Crippen LogP contribution in [0.4, 0.5) is 5.82 Å². The molecule has 1 fully saturated rings. The third-order valence-corrected chi connectivity index (χ3v) is 9.65. The second-order valence-corrected chi connectivity index (χ2v) is 12.3. The number of carbonyl (C=O) groups excluding carboxylic acids is 3. The zero-order valence-corrected chi connectivity index (χ0v) is 23.3. The van der Waals surface area contributed by atoms with E-state index < -0.39 is 5.41 Å². The molecule has 0 aliphatic carbocycles. The molecule has 9 heteroatoms. The average Bonchev–Trinajstić information content (AvgIpc) is 3.53. The summed E-state index contributed by atoms with van der Waals surface area (Å²) in [5, 5.41) is 5.87. The van der Waals surface area contributed by atoms with Crippen molar-refractivity contribution in [1.82, 2.24) is 14.8 Å². The summed E-state index contributed by atoms with van der Waals surface area (Å²) < 4.78 is 5.26. The van der Waals surface area contributed by atoms with Gasteiger partial charge in [0.2, 0.25) is 11.8 Å². The molecule has 0 saturated carbocycles. The summed E-state index contributed by atoms with van der Waals surface area (Å²) in [6.45, 7) is 2.39. The van der Waals surface area contributed by atoms with Gasteiger partial charge in [-0.1, -0.05) is 17.7 Å². The summed E-state index contributed by atoms with van der Waals surface area (Å²) >= 11 is 1.93. The van der Waals surface area contributed by atoms with Gasteiger partial charge in [-0.3, -0.25) is 14.4 Å². The number of rotatable bonds is 5. The highest BCUT2D eigenvalue weighted by atomic mass is 32.2. The van der Waals surface area contributed by atoms with E-state index in [1.807, 2.05) is 28.8 Å². The maximum atomic E-state index is 13.1. The Hall–Kier alpha value is -3.59. The van der Waals surface area contributed by atoms with Crippen LogP contribution in [0.15, 0.2) is 64.3 Å². The van der Waals surface area contributed by atoms with Crippen LogP contribution in [0.25, 0.3) is 6.08 Å². The van der Waals surface area contributed by atoms with E-state index in [4.69, 9.17) is 4.42 Å². The summed E-state index contributed by atoms with van der Waals surface area (Å²) in [7, 11) is 0. The number of pyridine rings is 1. The molecule has 40 heavy (non-hydrogen) atoms. The number of allylic oxidation sites excluding steroid dienone is 1. The lowest BCUT2D eigenvalue weighted by molar-refractivity contribution is -0.128. The van der Waals surface area contributed by atoms with Crippen molar-refractivity contribution in [3.8, 4) is 0 Å². The number of likely N-dealkylation sites (tertiary alicyclic amines) is 1. The first-order valence-corrected chi connectivity index (χ1v) is 15.0. The van der Waals surface area contributed by atoms with E-state index in [-0.39, 0.29) is 17.7 Å². The predicted octanol–water partition coefficient (Wildman–Crippen LogP) is 5.06. The standard InChI is InChI=1S/C31H34N4O4S/c36-27(34-12-8-22(9-13-34)19-25-4-1-2-17-40-25)7-6-23-18-24-20-31(30(38)33-28(24)32-21-23)10-14-35(15-11-31)29(37)26-5-3-16-39-26/h2-3,5-8,16-18,21,25H,1,4,9-15,19-20H2,(H,32,33,38). The number of piperidine rings is 1. The van der Waals surface area contributed by atoms with Crippen LogP contribution in [0, 0.1) is 5.41 Å². The van der Waals surface area contributed by atoms with E-state index >= 15 is 0 Å². The van der Waals surface area contributed by atoms with Crippen LogP contribution in [0.1, 0.15) is 60.2 Å². The number of hydrogen-bond acceptors (Lipinski definition) is 6. The minimum atomic E-state index is -0.572. The maximum Gasteiger partial charge on any atom is 0.289 e. The Morgan fingerprint density at radius 1 is 1.23 bits per heavy atom. The van der Waals surface area contributed by atoms with Crippen LogP contribution in [0.2, 0.25) is 0 Å². The number of carbonyl (C=O) groups is 3. The summed E-state index contributed by atoms with van der Waals surface area (Å²) in [6.07, 6.45) is 17.2. The lowest BCUT2D eigenvalue weighted by atomic mass is 9.71. The first-order valence-electron chi connectivity index (χ1n) is 14.1. The fourth-order valence-electron chi connectivity index (χ4n) is 6.05. The molecule has 1 spiro atoms. The van der Waals surface area contributed by atoms with Crippen molar-refractivity contribution in [3.63, 3.8) is 0 Å². The molecular weight excluding hydrogens is 524 g/mol. The Labute approximate surface area is 238 Å². The lowest BCUT2D eigenvalue weighted by Gasteiger charge is -2.42. The molecule has 208 valence electrons. The number of fused-ring (bicyclic) bond motifs is 1. The highest BCUT2D eigenvalue weighted by Crippen LogP contribution is 2.41. The first-order chi connectivity index (χ1) is 19.5. The predicted molar refractivity (Wildman–Crippen MR) is 156 cm³/mol. The molecule has 6 heterocycles. The number of nitrogens with one attached hydrogen (secondary N) is 1. The number of hydrogen-bond donors (Lipinski definition) is 1. The van der Waals surface area contributed by atoms with E-state index in [2.05, 4.69) is 27.9 Å². The Kier molecular flexibility index (Phi) is 7.65. The van der Waals surface area contributed by atoms with Crippen molar-refractivity contribution >= 4 is 41.4 Å². The van der Waals surface area contributed by atoms with Gasteiger partial charge < -0.3 is 19.5 Å². The third kappa shape index (κ3) is 5.66. The van der Waals surface area contributed by atoms with Gasteiger partial charge in [-0.25, -0.2) is 4.98 Å². The third-order valence-electron chi connectivity index (χ3n) is 8.52. The molecule has 8 nitrogen and oxygen atoms in total. The van der Waals surface area contributed by atoms with Gasteiger partial charge >= 0.3 is 0 Å². The fourth-order valence-corrected chi connectivity index (χ4v) is 7.10. The number of furan rings is 1. The van der Waals surface area contributed by atoms with Gasteiger partial charge in [0.25, 0.3) is 5.91 Å². The molecule has 1 N–H and O–H groups in total. The summed E-state index contributed by atoms with van der Waals surface area (Å²) in [5.41, 5.74) is 2.68. The maximum absolute atomic E-state index is 13.1. The molecule has 4 aliphatic heterocycles. The van der Waals surface area contributed by atoms with Gasteiger partial charge in [-0.05, 0) is 85.8 Å². The number of aromatic nitrogens is 1. The molecule has 1 unspecified atom stereocenters. The molecule has 4 aliphatic rings. The van der Waals surface area contributed by atoms with Crippen molar-refractivity contribution < 1.29 is 18.8 Å². The monoisotopic (exact) mass is 558 g/mol. The van der Waals surface area contributed by atoms with Crippen molar-refractivity contribution in [2.75, 3.05) is 31.5 Å². The number of anilines is 1. The topological polar surface area (TPSA) is 95.8 Å². The Morgan fingerprint density at radius 3 is 2.83 bits per heavy atom. The van der Waals surface area contributed by atoms with E-state index in [1.165, 1.54) is 18.3 Å².